The first-order valence-electron chi connectivity index (χ1n) is 9.36. The quantitative estimate of drug-likeness (QED) is 0.276. The van der Waals surface area contributed by atoms with Gasteiger partial charge in [-0.05, 0) is 80.0 Å². The van der Waals surface area contributed by atoms with E-state index < -0.39 is 0 Å². The van der Waals surface area contributed by atoms with Crippen molar-refractivity contribution in [2.45, 2.75) is 77.7 Å². The van der Waals surface area contributed by atoms with Crippen LogP contribution < -0.4 is 57.3 Å². The maximum atomic E-state index is 9.97. The van der Waals surface area contributed by atoms with Crippen molar-refractivity contribution in [2.75, 3.05) is 0 Å². The Morgan fingerprint density at radius 3 is 2.48 bits per heavy atom. The van der Waals surface area contributed by atoms with Gasteiger partial charge in [0, 0.05) is 21.1 Å². The number of fused-ring (bicyclic) bond motifs is 5. The zero-order chi connectivity index (χ0) is 16.7. The van der Waals surface area contributed by atoms with E-state index in [1.54, 1.807) is 5.57 Å². The maximum absolute atomic E-state index is 9.97. The molecular weight excluding hydrogens is 511 g/mol. The Kier molecular flexibility index (Phi) is 10.1. The Balaban J connectivity index is 0.000000586. The van der Waals surface area contributed by atoms with Crippen LogP contribution in [0, 0.1) is 28.6 Å². The second kappa shape index (κ2) is 10.1. The molecule has 3 unspecified atom stereocenters. The molecule has 25 heavy (non-hydrogen) atoms. The standard InChI is InChI=1S/C19H30O.K.H3N2O.W/c1-18-9-3-4-16(18)15-6-5-13-12-14(20)7-11-19(13,2)17(15)8-10-18;;1-3-2;/h12,14-17,20H,3-11H2,1-2H3;;1H,2H2;/q;+1;-1;/t14-,15?,16?,17?,18+,19+;;;/m1.../s1. The van der Waals surface area contributed by atoms with Gasteiger partial charge in [0.15, 0.2) is 0 Å². The van der Waals surface area contributed by atoms with Gasteiger partial charge in [-0.25, -0.2) is 5.90 Å². The molecule has 0 spiro atoms. The number of aliphatic hydroxyl groups excluding tert-OH is 1. The van der Waals surface area contributed by atoms with Crippen LogP contribution in [0.15, 0.2) is 11.6 Å². The number of aliphatic hydroxyl groups is 1. The van der Waals surface area contributed by atoms with Crippen LogP contribution in [-0.4, -0.2) is 11.2 Å². The number of allylic oxidation sites excluding steroid dienone is 1. The molecule has 0 bridgehead atoms. The van der Waals surface area contributed by atoms with Gasteiger partial charge in [0.1, 0.15) is 0 Å². The van der Waals surface area contributed by atoms with E-state index >= 15 is 0 Å². The van der Waals surface area contributed by atoms with Crippen molar-refractivity contribution in [1.29, 1.82) is 0 Å². The minimum atomic E-state index is -0.157. The van der Waals surface area contributed by atoms with Gasteiger partial charge in [0.25, 0.3) is 0 Å². The van der Waals surface area contributed by atoms with Crippen LogP contribution in [0.2, 0.25) is 0 Å². The predicted molar refractivity (Wildman–Crippen MR) is 91.9 cm³/mol. The third-order valence-corrected chi connectivity index (χ3v) is 7.87. The molecule has 3 saturated carbocycles. The number of nitrogens with two attached hydrogens (primary N) is 1. The fraction of sp³-hybridized carbons (Fsp3) is 0.895. The van der Waals surface area contributed by atoms with Crippen LogP contribution in [0.1, 0.15) is 71.6 Å². The number of hydrogen-bond donors (Lipinski definition) is 2. The molecule has 0 radical (unpaired) electrons. The SMILES string of the molecule is C[C@@]12CCCC1C1CCC3=C[C@H](O)CC[C@]3(C)C1CC2.[K+].[NH-]ON.[W]. The summed E-state index contributed by atoms with van der Waals surface area (Å²) in [7, 11) is 0. The second-order valence-corrected chi connectivity index (χ2v) is 8.83. The summed E-state index contributed by atoms with van der Waals surface area (Å²) in [5.74, 6) is 12.4. The number of hydrogen-bond acceptors (Lipinski definition) is 3. The van der Waals surface area contributed by atoms with E-state index in [2.05, 4.69) is 30.8 Å². The molecule has 0 aromatic heterocycles. The third-order valence-electron chi connectivity index (χ3n) is 7.87. The first kappa shape index (κ1) is 24.9. The molecule has 4 rings (SSSR count). The van der Waals surface area contributed by atoms with E-state index in [-0.39, 0.29) is 78.6 Å². The molecule has 4 N–H and O–H groups in total. The molecule has 4 aliphatic rings. The molecule has 0 aromatic carbocycles. The molecule has 0 aliphatic heterocycles. The summed E-state index contributed by atoms with van der Waals surface area (Å²) < 4.78 is 0. The second-order valence-electron chi connectivity index (χ2n) is 8.83. The van der Waals surface area contributed by atoms with E-state index in [0.29, 0.717) is 10.8 Å². The van der Waals surface area contributed by atoms with Gasteiger partial charge in [0.2, 0.25) is 0 Å². The molecule has 6 heteroatoms. The maximum Gasteiger partial charge on any atom is 1.00 e. The van der Waals surface area contributed by atoms with Crippen LogP contribution in [-0.2, 0) is 26.0 Å². The van der Waals surface area contributed by atoms with Crippen molar-refractivity contribution >= 4 is 0 Å². The number of rotatable bonds is 0. The molecule has 0 amide bonds. The molecule has 0 saturated heterocycles. The Morgan fingerprint density at radius 1 is 1.12 bits per heavy atom. The van der Waals surface area contributed by atoms with E-state index in [1.165, 1.54) is 51.4 Å². The normalized spacial score (nSPS) is 44.4. The van der Waals surface area contributed by atoms with Gasteiger partial charge in [-0.15, -0.1) is 0 Å². The smallest absolute Gasteiger partial charge is 0.529 e. The molecule has 138 valence electrons. The van der Waals surface area contributed by atoms with E-state index in [1.807, 2.05) is 0 Å². The summed E-state index contributed by atoms with van der Waals surface area (Å²) in [5.41, 5.74) is 2.71. The van der Waals surface area contributed by atoms with Crippen LogP contribution in [0.25, 0.3) is 5.90 Å². The van der Waals surface area contributed by atoms with Gasteiger partial charge < -0.3 is 15.9 Å². The zero-order valence-corrected chi connectivity index (χ0v) is 22.1. The van der Waals surface area contributed by atoms with Crippen molar-refractivity contribution in [3.63, 3.8) is 0 Å². The molecule has 0 heterocycles. The Bertz CT molecular complexity index is 478. The number of nitrogens with one attached hydrogen (secondary N) is 1. The molecular formula is C19H33KN2O2W. The minimum Gasteiger partial charge on any atom is -0.529 e. The molecule has 4 nitrogen and oxygen atoms in total. The minimum absolute atomic E-state index is 0. The summed E-state index contributed by atoms with van der Waals surface area (Å²) in [4.78, 5) is 3.00. The summed E-state index contributed by atoms with van der Waals surface area (Å²) in [6, 6.07) is 0. The molecule has 6 atom stereocenters. The topological polar surface area (TPSA) is 79.3 Å². The van der Waals surface area contributed by atoms with Gasteiger partial charge in [-0.3, -0.25) is 0 Å². The largest absolute Gasteiger partial charge is 1.00 e. The summed E-state index contributed by atoms with van der Waals surface area (Å²) >= 11 is 0. The average Bonchev–Trinajstić information content (AvgIpc) is 2.90. The van der Waals surface area contributed by atoms with Crippen LogP contribution in [0.4, 0.5) is 0 Å². The van der Waals surface area contributed by atoms with E-state index in [4.69, 9.17) is 5.90 Å². The summed E-state index contributed by atoms with van der Waals surface area (Å²) in [5, 5.41) is 9.97. The molecule has 0 aromatic rings. The average molecular weight is 544 g/mol. The van der Waals surface area contributed by atoms with Crippen molar-refractivity contribution < 1.29 is 82.5 Å². The van der Waals surface area contributed by atoms with Crippen molar-refractivity contribution in [3.05, 3.63) is 17.5 Å². The first-order chi connectivity index (χ1) is 10.9. The van der Waals surface area contributed by atoms with Gasteiger partial charge in [0.05, 0.1) is 6.10 Å². The first-order valence-corrected chi connectivity index (χ1v) is 9.36. The Labute approximate surface area is 209 Å². The van der Waals surface area contributed by atoms with Gasteiger partial charge in [-0.1, -0.05) is 31.9 Å². The van der Waals surface area contributed by atoms with E-state index in [9.17, 15) is 5.11 Å². The summed E-state index contributed by atoms with van der Waals surface area (Å²) in [6.07, 6.45) is 14.3. The van der Waals surface area contributed by atoms with Crippen molar-refractivity contribution in [3.8, 4) is 0 Å². The Hall–Kier alpha value is 1.90. The molecule has 3 fully saturated rings. The fourth-order valence-electron chi connectivity index (χ4n) is 6.70. The summed E-state index contributed by atoms with van der Waals surface area (Å²) in [6.45, 7) is 5.11. The van der Waals surface area contributed by atoms with Crippen LogP contribution in [0.3, 0.4) is 0 Å². The molecule has 4 aliphatic carbocycles. The van der Waals surface area contributed by atoms with Crippen molar-refractivity contribution in [2.24, 2.45) is 34.5 Å². The van der Waals surface area contributed by atoms with Gasteiger partial charge >= 0.3 is 51.4 Å². The Morgan fingerprint density at radius 2 is 1.80 bits per heavy atom. The van der Waals surface area contributed by atoms with E-state index in [0.717, 1.165) is 24.2 Å². The fourth-order valence-corrected chi connectivity index (χ4v) is 6.70. The third kappa shape index (κ3) is 4.74. The zero-order valence-electron chi connectivity index (χ0n) is 16.1. The predicted octanol–water partition coefficient (Wildman–Crippen LogP) is 1.55. The monoisotopic (exact) mass is 544 g/mol. The van der Waals surface area contributed by atoms with Crippen LogP contribution >= 0.6 is 0 Å². The van der Waals surface area contributed by atoms with Crippen molar-refractivity contribution in [1.82, 2.24) is 0 Å². The van der Waals surface area contributed by atoms with Gasteiger partial charge in [-0.2, -0.15) is 0 Å². The van der Waals surface area contributed by atoms with Crippen LogP contribution in [0.5, 0.6) is 0 Å².